The van der Waals surface area contributed by atoms with E-state index in [2.05, 4.69) is 32.5 Å². The predicted molar refractivity (Wildman–Crippen MR) is 76.1 cm³/mol. The predicted octanol–water partition coefficient (Wildman–Crippen LogP) is 1.95. The van der Waals surface area contributed by atoms with Gasteiger partial charge in [-0.15, -0.1) is 0 Å². The monoisotopic (exact) mass is 260 g/mol. The molecule has 0 atom stereocenters. The zero-order valence-electron chi connectivity index (χ0n) is 11.6. The number of hydrogen-bond acceptors (Lipinski definition) is 5. The Morgan fingerprint density at radius 3 is 2.58 bits per heavy atom. The molecular weight excluding hydrogens is 240 g/mol. The van der Waals surface area contributed by atoms with Crippen molar-refractivity contribution in [3.63, 3.8) is 0 Å². The number of nitrogens with zero attached hydrogens (tertiary/aromatic N) is 4. The molecule has 0 fully saturated rings. The van der Waals surface area contributed by atoms with Gasteiger partial charge in [0.25, 0.3) is 0 Å². The molecule has 0 saturated carbocycles. The van der Waals surface area contributed by atoms with Gasteiger partial charge in [-0.3, -0.25) is 0 Å². The molecule has 0 aromatic carbocycles. The van der Waals surface area contributed by atoms with Crippen LogP contribution in [0.2, 0.25) is 0 Å². The lowest BCUT2D eigenvalue weighted by Gasteiger charge is -2.09. The molecule has 0 unspecified atom stereocenters. The van der Waals surface area contributed by atoms with E-state index >= 15 is 0 Å². The van der Waals surface area contributed by atoms with Gasteiger partial charge >= 0.3 is 0 Å². The standard InChI is InChI=1S/C13H20N6/c1-4-5-14-11-8-12(18-10(2)17-11)16-9-13-15-6-7-19(13)3/h6-8H,4-5,9H2,1-3H3,(H2,14,16,17,18). The lowest BCUT2D eigenvalue weighted by atomic mass is 10.4. The number of imidazole rings is 1. The van der Waals surface area contributed by atoms with Gasteiger partial charge in [0.2, 0.25) is 0 Å². The average molecular weight is 260 g/mol. The van der Waals surface area contributed by atoms with Crippen molar-refractivity contribution < 1.29 is 0 Å². The molecule has 2 N–H and O–H groups in total. The summed E-state index contributed by atoms with van der Waals surface area (Å²) in [4.78, 5) is 13.0. The molecule has 0 spiro atoms. The Balaban J connectivity index is 2.03. The van der Waals surface area contributed by atoms with Crippen LogP contribution in [0.1, 0.15) is 25.0 Å². The summed E-state index contributed by atoms with van der Waals surface area (Å²) in [6.45, 7) is 5.58. The van der Waals surface area contributed by atoms with Crippen molar-refractivity contribution in [2.45, 2.75) is 26.8 Å². The van der Waals surface area contributed by atoms with Gasteiger partial charge in [-0.1, -0.05) is 6.92 Å². The second-order valence-electron chi connectivity index (χ2n) is 4.42. The van der Waals surface area contributed by atoms with Crippen molar-refractivity contribution in [2.24, 2.45) is 7.05 Å². The van der Waals surface area contributed by atoms with Crippen LogP contribution in [0.3, 0.4) is 0 Å². The third-order valence-electron chi connectivity index (χ3n) is 2.74. The summed E-state index contributed by atoms with van der Waals surface area (Å²) in [6, 6.07) is 1.92. The van der Waals surface area contributed by atoms with Gasteiger partial charge in [-0.25, -0.2) is 15.0 Å². The fraction of sp³-hybridized carbons (Fsp3) is 0.462. The maximum absolute atomic E-state index is 4.37. The molecule has 6 nitrogen and oxygen atoms in total. The zero-order valence-corrected chi connectivity index (χ0v) is 11.6. The maximum Gasteiger partial charge on any atom is 0.132 e. The molecule has 0 amide bonds. The molecule has 0 aliphatic heterocycles. The van der Waals surface area contributed by atoms with E-state index in [-0.39, 0.29) is 0 Å². The molecule has 0 aliphatic carbocycles. The molecule has 0 saturated heterocycles. The van der Waals surface area contributed by atoms with Crippen molar-refractivity contribution in [3.8, 4) is 0 Å². The average Bonchev–Trinajstić information content (AvgIpc) is 2.79. The van der Waals surface area contributed by atoms with Crippen molar-refractivity contribution in [3.05, 3.63) is 30.1 Å². The number of aryl methyl sites for hydroxylation is 2. The Morgan fingerprint density at radius 1 is 1.21 bits per heavy atom. The van der Waals surface area contributed by atoms with Crippen LogP contribution in [-0.2, 0) is 13.6 Å². The van der Waals surface area contributed by atoms with Crippen molar-refractivity contribution >= 4 is 11.6 Å². The molecule has 102 valence electrons. The minimum Gasteiger partial charge on any atom is -0.370 e. The number of rotatable bonds is 6. The normalized spacial score (nSPS) is 10.5. The summed E-state index contributed by atoms with van der Waals surface area (Å²) in [6.07, 6.45) is 4.78. The fourth-order valence-electron chi connectivity index (χ4n) is 1.74. The van der Waals surface area contributed by atoms with E-state index in [4.69, 9.17) is 0 Å². The second-order valence-corrected chi connectivity index (χ2v) is 4.42. The van der Waals surface area contributed by atoms with Crippen molar-refractivity contribution in [1.29, 1.82) is 0 Å². The maximum atomic E-state index is 4.37. The van der Waals surface area contributed by atoms with Crippen molar-refractivity contribution in [2.75, 3.05) is 17.2 Å². The zero-order chi connectivity index (χ0) is 13.7. The lowest BCUT2D eigenvalue weighted by molar-refractivity contribution is 0.809. The van der Waals surface area contributed by atoms with Gasteiger partial charge in [0, 0.05) is 32.1 Å². The Kier molecular flexibility index (Phi) is 4.33. The van der Waals surface area contributed by atoms with E-state index < -0.39 is 0 Å². The van der Waals surface area contributed by atoms with Crippen LogP contribution in [0.25, 0.3) is 0 Å². The summed E-state index contributed by atoms with van der Waals surface area (Å²) >= 11 is 0. The van der Waals surface area contributed by atoms with Crippen LogP contribution in [0.4, 0.5) is 11.6 Å². The molecule has 2 aromatic heterocycles. The van der Waals surface area contributed by atoms with Gasteiger partial charge in [-0.2, -0.15) is 0 Å². The van der Waals surface area contributed by atoms with Gasteiger partial charge in [0.05, 0.1) is 6.54 Å². The highest BCUT2D eigenvalue weighted by Crippen LogP contribution is 2.12. The smallest absolute Gasteiger partial charge is 0.132 e. The third kappa shape index (κ3) is 3.67. The first-order valence-corrected chi connectivity index (χ1v) is 6.48. The molecule has 6 heteroatoms. The summed E-state index contributed by atoms with van der Waals surface area (Å²) in [5.41, 5.74) is 0. The minimum atomic E-state index is 0.646. The highest BCUT2D eigenvalue weighted by atomic mass is 15.1. The Morgan fingerprint density at radius 2 is 1.95 bits per heavy atom. The molecule has 0 bridgehead atoms. The van der Waals surface area contributed by atoms with Crippen LogP contribution in [0.5, 0.6) is 0 Å². The summed E-state index contributed by atoms with van der Waals surface area (Å²) in [7, 11) is 1.98. The van der Waals surface area contributed by atoms with Crippen LogP contribution < -0.4 is 10.6 Å². The lowest BCUT2D eigenvalue weighted by Crippen LogP contribution is -2.09. The molecule has 2 aromatic rings. The van der Waals surface area contributed by atoms with Crippen molar-refractivity contribution in [1.82, 2.24) is 19.5 Å². The number of hydrogen-bond donors (Lipinski definition) is 2. The Bertz CT molecular complexity index is 534. The molecule has 0 aliphatic rings. The molecule has 2 rings (SSSR count). The number of aromatic nitrogens is 4. The third-order valence-corrected chi connectivity index (χ3v) is 2.74. The van der Waals surface area contributed by atoms with Gasteiger partial charge in [-0.05, 0) is 13.3 Å². The largest absolute Gasteiger partial charge is 0.370 e. The van der Waals surface area contributed by atoms with Crippen LogP contribution in [0, 0.1) is 6.92 Å². The first-order chi connectivity index (χ1) is 9.19. The fourth-order valence-corrected chi connectivity index (χ4v) is 1.74. The first kappa shape index (κ1) is 13.3. The van der Waals surface area contributed by atoms with Crippen LogP contribution in [0.15, 0.2) is 18.5 Å². The minimum absolute atomic E-state index is 0.646. The molecular formula is C13H20N6. The molecule has 19 heavy (non-hydrogen) atoms. The van der Waals surface area contributed by atoms with Gasteiger partial charge in [0.15, 0.2) is 0 Å². The highest BCUT2D eigenvalue weighted by Gasteiger charge is 2.03. The van der Waals surface area contributed by atoms with E-state index in [0.29, 0.717) is 6.54 Å². The van der Waals surface area contributed by atoms with E-state index in [1.165, 1.54) is 0 Å². The highest BCUT2D eigenvalue weighted by molar-refractivity contribution is 5.47. The number of nitrogens with one attached hydrogen (secondary N) is 2. The molecule has 0 radical (unpaired) electrons. The summed E-state index contributed by atoms with van der Waals surface area (Å²) in [5, 5.41) is 6.54. The Labute approximate surface area is 113 Å². The SMILES string of the molecule is CCCNc1cc(NCc2nccn2C)nc(C)n1. The van der Waals surface area contributed by atoms with E-state index in [0.717, 1.165) is 36.3 Å². The second kappa shape index (κ2) is 6.17. The van der Waals surface area contributed by atoms with Gasteiger partial charge in [0.1, 0.15) is 23.3 Å². The molecule has 2 heterocycles. The van der Waals surface area contributed by atoms with Crippen LogP contribution >= 0.6 is 0 Å². The quantitative estimate of drug-likeness (QED) is 0.831. The van der Waals surface area contributed by atoms with E-state index in [9.17, 15) is 0 Å². The number of anilines is 2. The topological polar surface area (TPSA) is 67.7 Å². The van der Waals surface area contributed by atoms with Crippen LogP contribution in [-0.4, -0.2) is 26.1 Å². The summed E-state index contributed by atoms with van der Waals surface area (Å²) in [5.74, 6) is 3.40. The summed E-state index contributed by atoms with van der Waals surface area (Å²) < 4.78 is 1.98. The van der Waals surface area contributed by atoms with E-state index in [1.807, 2.05) is 30.8 Å². The first-order valence-electron chi connectivity index (χ1n) is 6.48. The van der Waals surface area contributed by atoms with Gasteiger partial charge < -0.3 is 15.2 Å². The van der Waals surface area contributed by atoms with E-state index in [1.54, 1.807) is 6.20 Å². The Hall–Kier alpha value is -2.11.